The van der Waals surface area contributed by atoms with Crippen molar-refractivity contribution in [1.29, 1.82) is 0 Å². The van der Waals surface area contributed by atoms with E-state index in [4.69, 9.17) is 5.73 Å². The molecule has 1 atom stereocenters. The summed E-state index contributed by atoms with van der Waals surface area (Å²) in [6.07, 6.45) is -0.731. The molecule has 0 bridgehead atoms. The molecule has 5 heteroatoms. The van der Waals surface area contributed by atoms with Crippen LogP contribution in [-0.2, 0) is 0 Å². The van der Waals surface area contributed by atoms with E-state index >= 15 is 0 Å². The summed E-state index contributed by atoms with van der Waals surface area (Å²) >= 11 is 0. The fraction of sp³-hybridized carbons (Fsp3) is 0.714. The minimum absolute atomic E-state index is 0.159. The lowest BCUT2D eigenvalue weighted by atomic mass is 10.2. The van der Waals surface area contributed by atoms with Gasteiger partial charge in [0, 0.05) is 12.5 Å². The number of H-pyrrole nitrogens is 1. The number of nitrogens with one attached hydrogen (secondary N) is 1. The average Bonchev–Trinajstić information content (AvgIpc) is 2.51. The average molecular weight is 170 g/mol. The van der Waals surface area contributed by atoms with Crippen molar-refractivity contribution in [2.75, 3.05) is 6.54 Å². The molecule has 0 aliphatic heterocycles. The molecule has 1 aromatic rings. The summed E-state index contributed by atoms with van der Waals surface area (Å²) < 4.78 is 0. The summed E-state index contributed by atoms with van der Waals surface area (Å²) in [5.74, 6) is 1.42. The van der Waals surface area contributed by atoms with Gasteiger partial charge < -0.3 is 10.8 Å². The molecule has 0 unspecified atom stereocenters. The second kappa shape index (κ2) is 3.64. The highest BCUT2D eigenvalue weighted by Crippen LogP contribution is 2.11. The van der Waals surface area contributed by atoms with Crippen molar-refractivity contribution in [3.63, 3.8) is 0 Å². The largest absolute Gasteiger partial charge is 0.384 e. The second-order valence-corrected chi connectivity index (χ2v) is 2.99. The molecule has 5 nitrogen and oxygen atoms in total. The molecule has 12 heavy (non-hydrogen) atoms. The van der Waals surface area contributed by atoms with Gasteiger partial charge in [-0.1, -0.05) is 13.8 Å². The van der Waals surface area contributed by atoms with E-state index in [0.717, 1.165) is 0 Å². The minimum atomic E-state index is -0.731. The summed E-state index contributed by atoms with van der Waals surface area (Å²) in [5, 5.41) is 15.8. The monoisotopic (exact) mass is 170 g/mol. The van der Waals surface area contributed by atoms with Gasteiger partial charge in [-0.25, -0.2) is 4.98 Å². The Hall–Kier alpha value is -0.940. The van der Waals surface area contributed by atoms with E-state index in [1.54, 1.807) is 0 Å². The molecule has 1 heterocycles. The first kappa shape index (κ1) is 9.15. The normalized spacial score (nSPS) is 13.8. The van der Waals surface area contributed by atoms with Crippen molar-refractivity contribution in [2.24, 2.45) is 5.73 Å². The van der Waals surface area contributed by atoms with Crippen molar-refractivity contribution < 1.29 is 5.11 Å². The van der Waals surface area contributed by atoms with E-state index < -0.39 is 6.10 Å². The lowest BCUT2D eigenvalue weighted by Crippen LogP contribution is -2.12. The number of nitrogens with two attached hydrogens (primary N) is 1. The van der Waals surface area contributed by atoms with E-state index in [-0.39, 0.29) is 12.5 Å². The van der Waals surface area contributed by atoms with Crippen LogP contribution in [0.3, 0.4) is 0 Å². The molecule has 0 aliphatic carbocycles. The van der Waals surface area contributed by atoms with Crippen LogP contribution in [-0.4, -0.2) is 26.8 Å². The molecular weight excluding hydrogens is 156 g/mol. The fourth-order valence-electron chi connectivity index (χ4n) is 0.807. The van der Waals surface area contributed by atoms with Crippen molar-refractivity contribution in [3.8, 4) is 0 Å². The Morgan fingerprint density at radius 3 is 2.67 bits per heavy atom. The van der Waals surface area contributed by atoms with Crippen LogP contribution < -0.4 is 5.73 Å². The molecule has 0 radical (unpaired) electrons. The number of hydrogen-bond acceptors (Lipinski definition) is 4. The second-order valence-electron chi connectivity index (χ2n) is 2.99. The first-order valence-corrected chi connectivity index (χ1v) is 3.95. The van der Waals surface area contributed by atoms with Crippen LogP contribution in [0.25, 0.3) is 0 Å². The molecule has 68 valence electrons. The van der Waals surface area contributed by atoms with Crippen molar-refractivity contribution in [2.45, 2.75) is 25.9 Å². The molecule has 1 aromatic heterocycles. The summed E-state index contributed by atoms with van der Waals surface area (Å²) in [5.41, 5.74) is 5.25. The van der Waals surface area contributed by atoms with Crippen molar-refractivity contribution in [1.82, 2.24) is 15.2 Å². The maximum atomic E-state index is 9.27. The van der Waals surface area contributed by atoms with Crippen LogP contribution in [0.5, 0.6) is 0 Å². The third kappa shape index (κ3) is 1.80. The molecule has 0 saturated carbocycles. The molecule has 0 saturated heterocycles. The van der Waals surface area contributed by atoms with Gasteiger partial charge in [0.2, 0.25) is 0 Å². The zero-order valence-electron chi connectivity index (χ0n) is 7.28. The maximum Gasteiger partial charge on any atom is 0.154 e. The van der Waals surface area contributed by atoms with Gasteiger partial charge in [-0.2, -0.15) is 5.10 Å². The van der Waals surface area contributed by atoms with Gasteiger partial charge in [-0.05, 0) is 0 Å². The number of nitrogens with zero attached hydrogens (tertiary/aromatic N) is 2. The van der Waals surface area contributed by atoms with E-state index in [1.807, 2.05) is 13.8 Å². The third-order valence-electron chi connectivity index (χ3n) is 1.58. The van der Waals surface area contributed by atoms with Crippen LogP contribution in [0, 0.1) is 0 Å². The Morgan fingerprint density at radius 1 is 1.58 bits per heavy atom. The van der Waals surface area contributed by atoms with Crippen molar-refractivity contribution in [3.05, 3.63) is 11.6 Å². The molecular formula is C7H14N4O. The van der Waals surface area contributed by atoms with Crippen LogP contribution in [0.1, 0.15) is 37.5 Å². The maximum absolute atomic E-state index is 9.27. The first-order chi connectivity index (χ1) is 5.65. The highest BCUT2D eigenvalue weighted by atomic mass is 16.3. The SMILES string of the molecule is CC(C)c1n[nH]c([C@@H](O)CN)n1. The highest BCUT2D eigenvalue weighted by molar-refractivity contribution is 4.97. The zero-order chi connectivity index (χ0) is 9.14. The number of aliphatic hydroxyl groups is 1. The van der Waals surface area contributed by atoms with Gasteiger partial charge in [0.15, 0.2) is 11.6 Å². The molecule has 0 spiro atoms. The van der Waals surface area contributed by atoms with Gasteiger partial charge >= 0.3 is 0 Å². The predicted molar refractivity (Wildman–Crippen MR) is 44.5 cm³/mol. The Bertz CT molecular complexity index is 245. The number of aromatic nitrogens is 3. The topological polar surface area (TPSA) is 87.8 Å². The van der Waals surface area contributed by atoms with E-state index in [0.29, 0.717) is 11.6 Å². The summed E-state index contributed by atoms with van der Waals surface area (Å²) in [6.45, 7) is 4.14. The van der Waals surface area contributed by atoms with Crippen LogP contribution in [0.15, 0.2) is 0 Å². The molecule has 0 aromatic carbocycles. The Kier molecular flexibility index (Phi) is 2.78. The molecule has 0 aliphatic rings. The summed E-state index contributed by atoms with van der Waals surface area (Å²) in [7, 11) is 0. The minimum Gasteiger partial charge on any atom is -0.384 e. The van der Waals surface area contributed by atoms with E-state index in [1.165, 1.54) is 0 Å². The van der Waals surface area contributed by atoms with Gasteiger partial charge in [-0.3, -0.25) is 5.10 Å². The lowest BCUT2D eigenvalue weighted by molar-refractivity contribution is 0.177. The molecule has 4 N–H and O–H groups in total. The lowest BCUT2D eigenvalue weighted by Gasteiger charge is -2.00. The van der Waals surface area contributed by atoms with Gasteiger partial charge in [0.05, 0.1) is 0 Å². The van der Waals surface area contributed by atoms with Gasteiger partial charge in [0.1, 0.15) is 6.10 Å². The number of aliphatic hydroxyl groups excluding tert-OH is 1. The smallest absolute Gasteiger partial charge is 0.154 e. The zero-order valence-corrected chi connectivity index (χ0v) is 7.28. The summed E-state index contributed by atoms with van der Waals surface area (Å²) in [4.78, 5) is 4.08. The summed E-state index contributed by atoms with van der Waals surface area (Å²) in [6, 6.07) is 0. The standard InChI is InChI=1S/C7H14N4O/c1-4(2)6-9-7(11-10-6)5(12)3-8/h4-5,12H,3,8H2,1-2H3,(H,9,10,11)/t5-/m0/s1. The molecule has 0 amide bonds. The van der Waals surface area contributed by atoms with Crippen LogP contribution in [0.2, 0.25) is 0 Å². The fourth-order valence-corrected chi connectivity index (χ4v) is 0.807. The third-order valence-corrected chi connectivity index (χ3v) is 1.58. The van der Waals surface area contributed by atoms with Gasteiger partial charge in [0.25, 0.3) is 0 Å². The van der Waals surface area contributed by atoms with Crippen molar-refractivity contribution >= 4 is 0 Å². The number of hydrogen-bond donors (Lipinski definition) is 3. The van der Waals surface area contributed by atoms with E-state index in [2.05, 4.69) is 15.2 Å². The Labute approximate surface area is 71.0 Å². The van der Waals surface area contributed by atoms with Crippen LogP contribution >= 0.6 is 0 Å². The van der Waals surface area contributed by atoms with Crippen LogP contribution in [0.4, 0.5) is 0 Å². The van der Waals surface area contributed by atoms with Gasteiger partial charge in [-0.15, -0.1) is 0 Å². The number of aromatic amines is 1. The highest BCUT2D eigenvalue weighted by Gasteiger charge is 2.12. The molecule has 1 rings (SSSR count). The number of rotatable bonds is 3. The Morgan fingerprint density at radius 2 is 2.25 bits per heavy atom. The molecule has 0 fully saturated rings. The first-order valence-electron chi connectivity index (χ1n) is 3.95. The quantitative estimate of drug-likeness (QED) is 0.592. The Balaban J connectivity index is 2.77. The van der Waals surface area contributed by atoms with E-state index in [9.17, 15) is 5.11 Å². The predicted octanol–water partition coefficient (Wildman–Crippen LogP) is -0.0798.